The molecule has 1 aromatic carbocycles. The molecule has 2 aromatic rings. The molecule has 0 aliphatic rings. The third-order valence-corrected chi connectivity index (χ3v) is 3.91. The smallest absolute Gasteiger partial charge is 0.277 e. The predicted molar refractivity (Wildman–Crippen MR) is 86.1 cm³/mol. The fraction of sp³-hybridized carbons (Fsp3) is 0.188. The van der Waals surface area contributed by atoms with Crippen molar-refractivity contribution in [2.24, 2.45) is 5.10 Å². The summed E-state index contributed by atoms with van der Waals surface area (Å²) in [6.07, 6.45) is 0. The number of nitrogens with zero attached hydrogens (tertiary/aromatic N) is 2. The van der Waals surface area contributed by atoms with Crippen LogP contribution in [0.2, 0.25) is 0 Å². The maximum Gasteiger partial charge on any atom is 0.277 e. The zero-order valence-corrected chi connectivity index (χ0v) is 13.1. The Balaban J connectivity index is 1.83. The molecule has 0 radical (unpaired) electrons. The van der Waals surface area contributed by atoms with Crippen LogP contribution >= 0.6 is 11.3 Å². The molecule has 0 fully saturated rings. The summed E-state index contributed by atoms with van der Waals surface area (Å²) in [6, 6.07) is 12.6. The van der Waals surface area contributed by atoms with Crippen LogP contribution in [0.4, 0.5) is 0 Å². The Labute approximate surface area is 132 Å². The summed E-state index contributed by atoms with van der Waals surface area (Å²) < 4.78 is 5.32. The van der Waals surface area contributed by atoms with Gasteiger partial charge in [0.2, 0.25) is 0 Å². The molecule has 0 unspecified atom stereocenters. The minimum atomic E-state index is -0.336. The van der Waals surface area contributed by atoms with Crippen LogP contribution in [0, 0.1) is 18.3 Å². The van der Waals surface area contributed by atoms with Crippen LogP contribution in [-0.4, -0.2) is 18.2 Å². The minimum absolute atomic E-state index is 0.133. The van der Waals surface area contributed by atoms with Gasteiger partial charge >= 0.3 is 0 Å². The third kappa shape index (κ3) is 4.43. The van der Waals surface area contributed by atoms with E-state index in [4.69, 9.17) is 10.00 Å². The van der Waals surface area contributed by atoms with E-state index in [1.807, 2.05) is 32.0 Å². The van der Waals surface area contributed by atoms with Crippen molar-refractivity contribution < 1.29 is 9.53 Å². The van der Waals surface area contributed by atoms with Crippen molar-refractivity contribution in [1.82, 2.24) is 5.43 Å². The van der Waals surface area contributed by atoms with E-state index in [-0.39, 0.29) is 12.5 Å². The summed E-state index contributed by atoms with van der Waals surface area (Å²) in [5.41, 5.74) is 3.76. The van der Waals surface area contributed by atoms with Gasteiger partial charge in [-0.15, -0.1) is 11.3 Å². The quantitative estimate of drug-likeness (QED) is 0.681. The maximum atomic E-state index is 11.7. The van der Waals surface area contributed by atoms with Gasteiger partial charge in [0.1, 0.15) is 5.75 Å². The molecule has 22 heavy (non-hydrogen) atoms. The second-order valence-electron chi connectivity index (χ2n) is 4.57. The third-order valence-electron chi connectivity index (χ3n) is 2.80. The second kappa shape index (κ2) is 7.38. The molecule has 0 atom stereocenters. The Morgan fingerprint density at radius 1 is 1.32 bits per heavy atom. The number of carbonyl (C=O) groups excluding carboxylic acids is 1. The average molecular weight is 313 g/mol. The van der Waals surface area contributed by atoms with Crippen LogP contribution in [0.25, 0.3) is 0 Å². The second-order valence-corrected chi connectivity index (χ2v) is 5.86. The van der Waals surface area contributed by atoms with Crippen molar-refractivity contribution in [3.05, 3.63) is 51.7 Å². The Hall–Kier alpha value is -2.65. The number of hydrazone groups is 1. The Kier molecular flexibility index (Phi) is 5.28. The van der Waals surface area contributed by atoms with Gasteiger partial charge in [0, 0.05) is 4.88 Å². The van der Waals surface area contributed by atoms with Crippen molar-refractivity contribution in [3.8, 4) is 11.8 Å². The largest absolute Gasteiger partial charge is 0.484 e. The highest BCUT2D eigenvalue weighted by Gasteiger charge is 2.04. The molecule has 5 nitrogen and oxygen atoms in total. The first kappa shape index (κ1) is 15.7. The van der Waals surface area contributed by atoms with Crippen LogP contribution < -0.4 is 10.2 Å². The molecule has 0 aliphatic heterocycles. The van der Waals surface area contributed by atoms with Crippen LogP contribution in [-0.2, 0) is 4.79 Å². The molecule has 0 saturated heterocycles. The first-order valence-electron chi connectivity index (χ1n) is 6.61. The van der Waals surface area contributed by atoms with Gasteiger partial charge in [-0.25, -0.2) is 5.43 Å². The zero-order valence-electron chi connectivity index (χ0n) is 12.3. The lowest BCUT2D eigenvalue weighted by Crippen LogP contribution is -2.25. The molecule has 0 aliphatic carbocycles. The van der Waals surface area contributed by atoms with E-state index < -0.39 is 0 Å². The molecule has 2 rings (SSSR count). The summed E-state index contributed by atoms with van der Waals surface area (Å²) in [7, 11) is 0. The minimum Gasteiger partial charge on any atom is -0.484 e. The predicted octanol–water partition coefficient (Wildman–Crippen LogP) is 2.85. The van der Waals surface area contributed by atoms with Gasteiger partial charge in [0.15, 0.2) is 6.61 Å². The molecule has 1 heterocycles. The normalized spacial score (nSPS) is 10.9. The fourth-order valence-corrected chi connectivity index (χ4v) is 2.45. The molecule has 0 saturated carbocycles. The molecule has 1 aromatic heterocycles. The average Bonchev–Trinajstić information content (AvgIpc) is 2.97. The van der Waals surface area contributed by atoms with Crippen LogP contribution in [0.5, 0.6) is 5.75 Å². The molecule has 0 bridgehead atoms. The van der Waals surface area contributed by atoms with Gasteiger partial charge in [-0.3, -0.25) is 4.79 Å². The number of carbonyl (C=O) groups is 1. The highest BCUT2D eigenvalue weighted by atomic mass is 32.1. The van der Waals surface area contributed by atoms with E-state index in [2.05, 4.69) is 10.5 Å². The van der Waals surface area contributed by atoms with Crippen molar-refractivity contribution in [1.29, 1.82) is 5.26 Å². The lowest BCUT2D eigenvalue weighted by atomic mass is 10.2. The lowest BCUT2D eigenvalue weighted by molar-refractivity contribution is -0.123. The Morgan fingerprint density at radius 2 is 2.05 bits per heavy atom. The van der Waals surface area contributed by atoms with Crippen molar-refractivity contribution in [2.45, 2.75) is 13.8 Å². The van der Waals surface area contributed by atoms with Crippen molar-refractivity contribution in [2.75, 3.05) is 6.61 Å². The Bertz CT molecular complexity index is 727. The van der Waals surface area contributed by atoms with Crippen LogP contribution in [0.1, 0.15) is 22.2 Å². The SMILES string of the molecule is C/C(=N/NC(=O)COc1ccc(C#N)cc1)c1ccc(C)s1. The van der Waals surface area contributed by atoms with Crippen molar-refractivity contribution >= 4 is 23.0 Å². The monoisotopic (exact) mass is 313 g/mol. The van der Waals surface area contributed by atoms with Crippen molar-refractivity contribution in [3.63, 3.8) is 0 Å². The van der Waals surface area contributed by atoms with E-state index >= 15 is 0 Å². The number of aryl methyl sites for hydroxylation is 1. The zero-order chi connectivity index (χ0) is 15.9. The van der Waals surface area contributed by atoms with Crippen LogP contribution in [0.3, 0.4) is 0 Å². The number of nitrogens with one attached hydrogen (secondary N) is 1. The standard InChI is InChI=1S/C16H15N3O2S/c1-11-3-8-15(22-11)12(2)18-19-16(20)10-21-14-6-4-13(9-17)5-7-14/h3-8H,10H2,1-2H3,(H,19,20)/b18-12-. The van der Waals surface area contributed by atoms with Gasteiger partial charge in [-0.2, -0.15) is 10.4 Å². The summed E-state index contributed by atoms with van der Waals surface area (Å²) in [5, 5.41) is 12.7. The van der Waals surface area contributed by atoms with Crippen LogP contribution in [0.15, 0.2) is 41.5 Å². The number of thiophene rings is 1. The van der Waals surface area contributed by atoms with Gasteiger partial charge in [-0.05, 0) is 50.2 Å². The molecule has 1 amide bonds. The highest BCUT2D eigenvalue weighted by Crippen LogP contribution is 2.15. The number of hydrogen-bond donors (Lipinski definition) is 1. The van der Waals surface area contributed by atoms with E-state index in [0.717, 1.165) is 10.6 Å². The summed E-state index contributed by atoms with van der Waals surface area (Å²) >= 11 is 1.62. The maximum absolute atomic E-state index is 11.7. The van der Waals surface area contributed by atoms with Gasteiger partial charge in [-0.1, -0.05) is 0 Å². The fourth-order valence-electron chi connectivity index (χ4n) is 1.64. The topological polar surface area (TPSA) is 74.5 Å². The van der Waals surface area contributed by atoms with E-state index in [1.165, 1.54) is 4.88 Å². The van der Waals surface area contributed by atoms with E-state index in [9.17, 15) is 4.79 Å². The molecule has 6 heteroatoms. The number of amides is 1. The Morgan fingerprint density at radius 3 is 2.64 bits per heavy atom. The molecular formula is C16H15N3O2S. The number of hydrogen-bond acceptors (Lipinski definition) is 5. The number of benzene rings is 1. The lowest BCUT2D eigenvalue weighted by Gasteiger charge is -2.05. The molecular weight excluding hydrogens is 298 g/mol. The first-order chi connectivity index (χ1) is 10.6. The first-order valence-corrected chi connectivity index (χ1v) is 7.43. The molecule has 1 N–H and O–H groups in total. The summed E-state index contributed by atoms with van der Waals surface area (Å²) in [6.45, 7) is 3.73. The number of nitriles is 1. The van der Waals surface area contributed by atoms with Gasteiger partial charge < -0.3 is 4.74 Å². The van der Waals surface area contributed by atoms with E-state index in [0.29, 0.717) is 11.3 Å². The van der Waals surface area contributed by atoms with Gasteiger partial charge in [0.25, 0.3) is 5.91 Å². The van der Waals surface area contributed by atoms with E-state index in [1.54, 1.807) is 35.6 Å². The molecule has 112 valence electrons. The number of rotatable bonds is 5. The highest BCUT2D eigenvalue weighted by molar-refractivity contribution is 7.14. The number of ether oxygens (including phenoxy) is 1. The molecule has 0 spiro atoms. The van der Waals surface area contributed by atoms with Gasteiger partial charge in [0.05, 0.1) is 22.2 Å². The summed E-state index contributed by atoms with van der Waals surface area (Å²) in [5.74, 6) is 0.195. The summed E-state index contributed by atoms with van der Waals surface area (Å²) in [4.78, 5) is 13.9.